The van der Waals surface area contributed by atoms with Gasteiger partial charge in [0, 0.05) is 10.9 Å². The molecule has 4 rings (SSSR count). The van der Waals surface area contributed by atoms with E-state index in [2.05, 4.69) is 68.2 Å². The Balaban J connectivity index is 1.76. The van der Waals surface area contributed by atoms with Gasteiger partial charge in [-0.1, -0.05) is 53.6 Å². The number of hydrogen-bond donors (Lipinski definition) is 0. The predicted octanol–water partition coefficient (Wildman–Crippen LogP) is 5.10. The summed E-state index contributed by atoms with van der Waals surface area (Å²) in [4.78, 5) is 17.6. The molecule has 2 aromatic heterocycles. The number of rotatable bonds is 3. The van der Waals surface area contributed by atoms with Gasteiger partial charge in [-0.3, -0.25) is 9.36 Å². The second-order valence-electron chi connectivity index (χ2n) is 6.80. The average molecular weight is 360 g/mol. The van der Waals surface area contributed by atoms with Crippen LogP contribution in [0.4, 0.5) is 0 Å². The molecule has 0 N–H and O–H groups in total. The molecule has 0 aliphatic rings. The summed E-state index contributed by atoms with van der Waals surface area (Å²) in [6.45, 7) is 6.78. The minimum atomic E-state index is 0.0262. The largest absolute Gasteiger partial charge is 0.294 e. The van der Waals surface area contributed by atoms with E-state index in [1.165, 1.54) is 28.0 Å². The van der Waals surface area contributed by atoms with E-state index in [1.807, 2.05) is 5.38 Å². The molecular formula is C22H20N2OS. The number of aromatic nitrogens is 2. The monoisotopic (exact) mass is 360 g/mol. The first-order valence-electron chi connectivity index (χ1n) is 8.63. The fourth-order valence-electron chi connectivity index (χ4n) is 3.20. The van der Waals surface area contributed by atoms with Crippen molar-refractivity contribution in [2.75, 3.05) is 0 Å². The summed E-state index contributed by atoms with van der Waals surface area (Å²) < 4.78 is 2.42. The third kappa shape index (κ3) is 2.97. The lowest BCUT2D eigenvalue weighted by Gasteiger charge is -2.09. The molecule has 26 heavy (non-hydrogen) atoms. The van der Waals surface area contributed by atoms with Gasteiger partial charge in [0.05, 0.1) is 18.4 Å². The van der Waals surface area contributed by atoms with Crippen molar-refractivity contribution in [3.8, 4) is 11.1 Å². The van der Waals surface area contributed by atoms with Crippen molar-refractivity contribution in [3.05, 3.63) is 86.8 Å². The van der Waals surface area contributed by atoms with E-state index < -0.39 is 0 Å². The lowest BCUT2D eigenvalue weighted by atomic mass is 10.1. The first kappa shape index (κ1) is 16.7. The van der Waals surface area contributed by atoms with Crippen LogP contribution in [-0.2, 0) is 6.54 Å². The highest BCUT2D eigenvalue weighted by Gasteiger charge is 2.13. The van der Waals surface area contributed by atoms with Crippen molar-refractivity contribution in [1.29, 1.82) is 0 Å². The maximum absolute atomic E-state index is 12.9. The lowest BCUT2D eigenvalue weighted by Crippen LogP contribution is -2.20. The second kappa shape index (κ2) is 6.54. The van der Waals surface area contributed by atoms with Gasteiger partial charge in [0.2, 0.25) is 0 Å². The van der Waals surface area contributed by atoms with Crippen LogP contribution in [0.2, 0.25) is 0 Å². The van der Waals surface area contributed by atoms with E-state index >= 15 is 0 Å². The molecule has 0 bridgehead atoms. The number of aryl methyl sites for hydroxylation is 3. The smallest absolute Gasteiger partial charge is 0.271 e. The highest BCUT2D eigenvalue weighted by Crippen LogP contribution is 2.30. The summed E-state index contributed by atoms with van der Waals surface area (Å²) in [6, 6.07) is 14.7. The van der Waals surface area contributed by atoms with E-state index in [0.717, 1.165) is 22.2 Å². The molecule has 130 valence electrons. The van der Waals surface area contributed by atoms with Crippen molar-refractivity contribution in [2.45, 2.75) is 27.3 Å². The number of benzene rings is 2. The normalized spacial score (nSPS) is 11.2. The van der Waals surface area contributed by atoms with Crippen LogP contribution in [0.3, 0.4) is 0 Å². The third-order valence-electron chi connectivity index (χ3n) is 4.75. The SMILES string of the molecule is Cc1ccc(-c2csc3c(=O)n(Cc4ccc(C)cc4C)cnc23)cc1. The van der Waals surface area contributed by atoms with E-state index in [0.29, 0.717) is 11.2 Å². The molecule has 4 heteroatoms. The van der Waals surface area contributed by atoms with Gasteiger partial charge in [-0.25, -0.2) is 4.98 Å². The van der Waals surface area contributed by atoms with Gasteiger partial charge in [0.1, 0.15) is 4.70 Å². The molecule has 0 aliphatic carbocycles. The van der Waals surface area contributed by atoms with Crippen molar-refractivity contribution < 1.29 is 0 Å². The molecule has 0 atom stereocenters. The fourth-order valence-corrected chi connectivity index (χ4v) is 4.17. The average Bonchev–Trinajstić information content (AvgIpc) is 3.05. The van der Waals surface area contributed by atoms with E-state index in [-0.39, 0.29) is 5.56 Å². The Kier molecular flexibility index (Phi) is 4.21. The van der Waals surface area contributed by atoms with E-state index in [4.69, 9.17) is 0 Å². The summed E-state index contributed by atoms with van der Waals surface area (Å²) >= 11 is 1.48. The van der Waals surface area contributed by atoms with Crippen LogP contribution >= 0.6 is 11.3 Å². The quantitative estimate of drug-likeness (QED) is 0.509. The summed E-state index contributed by atoms with van der Waals surface area (Å²) in [5.74, 6) is 0. The molecule has 3 nitrogen and oxygen atoms in total. The molecule has 0 spiro atoms. The Bertz CT molecular complexity index is 1150. The standard InChI is InChI=1S/C22H20N2OS/c1-14-4-7-17(8-5-14)19-12-26-21-20(19)23-13-24(22(21)25)11-18-9-6-15(2)10-16(18)3/h4-10,12-13H,11H2,1-3H3. The summed E-state index contributed by atoms with van der Waals surface area (Å²) in [7, 11) is 0. The zero-order valence-electron chi connectivity index (χ0n) is 15.1. The van der Waals surface area contributed by atoms with Crippen LogP contribution in [-0.4, -0.2) is 9.55 Å². The highest BCUT2D eigenvalue weighted by molar-refractivity contribution is 7.17. The summed E-state index contributed by atoms with van der Waals surface area (Å²) in [5, 5.41) is 2.03. The van der Waals surface area contributed by atoms with Gasteiger partial charge in [0.25, 0.3) is 5.56 Å². The molecule has 4 aromatic rings. The molecule has 2 aromatic carbocycles. The molecule has 0 unspecified atom stereocenters. The van der Waals surface area contributed by atoms with Crippen LogP contribution in [0.1, 0.15) is 22.3 Å². The molecule has 0 amide bonds. The van der Waals surface area contributed by atoms with Crippen molar-refractivity contribution >= 4 is 21.6 Å². The van der Waals surface area contributed by atoms with Gasteiger partial charge in [-0.2, -0.15) is 0 Å². The van der Waals surface area contributed by atoms with Gasteiger partial charge >= 0.3 is 0 Å². The molecule has 0 fully saturated rings. The fraction of sp³-hybridized carbons (Fsp3) is 0.182. The molecule has 0 saturated heterocycles. The minimum Gasteiger partial charge on any atom is -0.294 e. The summed E-state index contributed by atoms with van der Waals surface area (Å²) in [6.07, 6.45) is 1.67. The minimum absolute atomic E-state index is 0.0262. The third-order valence-corrected chi connectivity index (χ3v) is 5.70. The Labute approximate surface area is 156 Å². The van der Waals surface area contributed by atoms with E-state index in [9.17, 15) is 4.79 Å². The molecule has 0 radical (unpaired) electrons. The molecule has 2 heterocycles. The zero-order chi connectivity index (χ0) is 18.3. The highest BCUT2D eigenvalue weighted by atomic mass is 32.1. The predicted molar refractivity (Wildman–Crippen MR) is 109 cm³/mol. The number of thiophene rings is 1. The number of hydrogen-bond acceptors (Lipinski definition) is 3. The Morgan fingerprint density at radius 1 is 1.00 bits per heavy atom. The first-order valence-corrected chi connectivity index (χ1v) is 9.51. The Morgan fingerprint density at radius 3 is 2.46 bits per heavy atom. The Hall–Kier alpha value is -2.72. The maximum Gasteiger partial charge on any atom is 0.271 e. The van der Waals surface area contributed by atoms with Crippen molar-refractivity contribution in [3.63, 3.8) is 0 Å². The van der Waals surface area contributed by atoms with Crippen LogP contribution in [0.15, 0.2) is 59.0 Å². The van der Waals surface area contributed by atoms with Gasteiger partial charge in [-0.05, 0) is 37.5 Å². The first-order chi connectivity index (χ1) is 12.5. The van der Waals surface area contributed by atoms with Gasteiger partial charge < -0.3 is 0 Å². The zero-order valence-corrected chi connectivity index (χ0v) is 15.9. The van der Waals surface area contributed by atoms with Crippen LogP contribution in [0.5, 0.6) is 0 Å². The lowest BCUT2D eigenvalue weighted by molar-refractivity contribution is 0.746. The van der Waals surface area contributed by atoms with Crippen molar-refractivity contribution in [1.82, 2.24) is 9.55 Å². The topological polar surface area (TPSA) is 34.9 Å². The molecule has 0 saturated carbocycles. The number of nitrogens with zero attached hydrogens (tertiary/aromatic N) is 2. The molecular weight excluding hydrogens is 340 g/mol. The summed E-state index contributed by atoms with van der Waals surface area (Å²) in [5.41, 5.74) is 7.74. The van der Waals surface area contributed by atoms with Gasteiger partial charge in [-0.15, -0.1) is 11.3 Å². The van der Waals surface area contributed by atoms with E-state index in [1.54, 1.807) is 10.9 Å². The number of fused-ring (bicyclic) bond motifs is 1. The van der Waals surface area contributed by atoms with Crippen LogP contribution in [0, 0.1) is 20.8 Å². The van der Waals surface area contributed by atoms with Crippen molar-refractivity contribution in [2.24, 2.45) is 0 Å². The van der Waals surface area contributed by atoms with Gasteiger partial charge in [0.15, 0.2) is 0 Å². The van der Waals surface area contributed by atoms with Crippen LogP contribution < -0.4 is 5.56 Å². The molecule has 0 aliphatic heterocycles. The Morgan fingerprint density at radius 2 is 1.73 bits per heavy atom. The second-order valence-corrected chi connectivity index (χ2v) is 7.68. The van der Waals surface area contributed by atoms with Crippen LogP contribution in [0.25, 0.3) is 21.3 Å². The maximum atomic E-state index is 12.9.